The minimum absolute atomic E-state index is 0.350. The third kappa shape index (κ3) is 3.50. The molecule has 1 aromatic rings. The lowest BCUT2D eigenvalue weighted by Crippen LogP contribution is -1.89. The second kappa shape index (κ2) is 5.81. The number of hydrogen-bond acceptors (Lipinski definition) is 3. The molecule has 0 bridgehead atoms. The Morgan fingerprint density at radius 1 is 1.43 bits per heavy atom. The summed E-state index contributed by atoms with van der Waals surface area (Å²) in [5.74, 6) is 2.34. The molecule has 3 heteroatoms. The van der Waals surface area contributed by atoms with Crippen molar-refractivity contribution < 1.29 is 5.11 Å². The Bertz CT molecular complexity index is 289. The zero-order valence-electron chi connectivity index (χ0n) is 8.49. The average molecular weight is 211 g/mol. The number of phenols is 1. The SMILES string of the molecule is CCCCSCc1cc(N)ccc1O. The Morgan fingerprint density at radius 2 is 2.21 bits per heavy atom. The number of thioether (sulfide) groups is 1. The lowest BCUT2D eigenvalue weighted by molar-refractivity contribution is 0.471. The Morgan fingerprint density at radius 3 is 2.93 bits per heavy atom. The molecular formula is C11H17NOS. The second-order valence-electron chi connectivity index (χ2n) is 3.29. The van der Waals surface area contributed by atoms with E-state index in [0.29, 0.717) is 11.4 Å². The molecule has 1 rings (SSSR count). The number of unbranched alkanes of at least 4 members (excludes halogenated alkanes) is 1. The Balaban J connectivity index is 2.45. The lowest BCUT2D eigenvalue weighted by atomic mass is 10.2. The molecule has 0 amide bonds. The molecule has 0 aromatic heterocycles. The molecule has 2 nitrogen and oxygen atoms in total. The minimum Gasteiger partial charge on any atom is -0.508 e. The van der Waals surface area contributed by atoms with E-state index in [9.17, 15) is 5.11 Å². The van der Waals surface area contributed by atoms with Crippen LogP contribution in [0.15, 0.2) is 18.2 Å². The van der Waals surface area contributed by atoms with E-state index >= 15 is 0 Å². The highest BCUT2D eigenvalue weighted by molar-refractivity contribution is 7.98. The van der Waals surface area contributed by atoms with Gasteiger partial charge in [0.2, 0.25) is 0 Å². The van der Waals surface area contributed by atoms with Gasteiger partial charge in [-0.05, 0) is 30.4 Å². The van der Waals surface area contributed by atoms with Crippen LogP contribution in [0.1, 0.15) is 25.3 Å². The topological polar surface area (TPSA) is 46.2 Å². The van der Waals surface area contributed by atoms with E-state index in [1.54, 1.807) is 12.1 Å². The van der Waals surface area contributed by atoms with Crippen LogP contribution >= 0.6 is 11.8 Å². The molecule has 0 saturated carbocycles. The molecule has 0 atom stereocenters. The normalized spacial score (nSPS) is 10.4. The van der Waals surface area contributed by atoms with Crippen molar-refractivity contribution in [2.75, 3.05) is 11.5 Å². The molecule has 1 aromatic carbocycles. The van der Waals surface area contributed by atoms with Crippen molar-refractivity contribution in [1.82, 2.24) is 0 Å². The predicted molar refractivity (Wildman–Crippen MR) is 63.6 cm³/mol. The Hall–Kier alpha value is -0.830. The van der Waals surface area contributed by atoms with E-state index in [1.807, 2.05) is 17.8 Å². The van der Waals surface area contributed by atoms with Crippen molar-refractivity contribution in [2.24, 2.45) is 0 Å². The lowest BCUT2D eigenvalue weighted by Gasteiger charge is -2.05. The molecule has 0 unspecified atom stereocenters. The van der Waals surface area contributed by atoms with Gasteiger partial charge in [0.05, 0.1) is 0 Å². The highest BCUT2D eigenvalue weighted by Crippen LogP contribution is 2.24. The summed E-state index contributed by atoms with van der Waals surface area (Å²) in [6.07, 6.45) is 2.45. The summed E-state index contributed by atoms with van der Waals surface area (Å²) < 4.78 is 0. The van der Waals surface area contributed by atoms with Crippen molar-refractivity contribution in [1.29, 1.82) is 0 Å². The van der Waals surface area contributed by atoms with Crippen LogP contribution in [-0.2, 0) is 5.75 Å². The minimum atomic E-state index is 0.350. The van der Waals surface area contributed by atoms with Crippen LogP contribution < -0.4 is 5.73 Å². The van der Waals surface area contributed by atoms with Crippen molar-refractivity contribution in [2.45, 2.75) is 25.5 Å². The van der Waals surface area contributed by atoms with Gasteiger partial charge in [0.15, 0.2) is 0 Å². The maximum Gasteiger partial charge on any atom is 0.119 e. The number of nitrogens with two attached hydrogens (primary N) is 1. The van der Waals surface area contributed by atoms with Gasteiger partial charge in [-0.2, -0.15) is 11.8 Å². The maximum absolute atomic E-state index is 9.52. The van der Waals surface area contributed by atoms with Gasteiger partial charge in [-0.25, -0.2) is 0 Å². The fourth-order valence-electron chi connectivity index (χ4n) is 1.15. The molecule has 0 aliphatic carbocycles. The molecule has 0 saturated heterocycles. The second-order valence-corrected chi connectivity index (χ2v) is 4.40. The van der Waals surface area contributed by atoms with Gasteiger partial charge in [-0.1, -0.05) is 13.3 Å². The smallest absolute Gasteiger partial charge is 0.119 e. The van der Waals surface area contributed by atoms with Crippen molar-refractivity contribution >= 4 is 17.4 Å². The van der Waals surface area contributed by atoms with Gasteiger partial charge in [-0.15, -0.1) is 0 Å². The summed E-state index contributed by atoms with van der Waals surface area (Å²) >= 11 is 1.84. The molecule has 0 heterocycles. The summed E-state index contributed by atoms with van der Waals surface area (Å²) in [6, 6.07) is 5.22. The molecule has 3 N–H and O–H groups in total. The summed E-state index contributed by atoms with van der Waals surface area (Å²) in [4.78, 5) is 0. The average Bonchev–Trinajstić information content (AvgIpc) is 2.18. The summed E-state index contributed by atoms with van der Waals surface area (Å²) in [5.41, 5.74) is 7.29. The van der Waals surface area contributed by atoms with E-state index in [1.165, 1.54) is 12.8 Å². The van der Waals surface area contributed by atoms with E-state index in [-0.39, 0.29) is 0 Å². The van der Waals surface area contributed by atoms with Gasteiger partial charge >= 0.3 is 0 Å². The number of aromatic hydroxyl groups is 1. The monoisotopic (exact) mass is 211 g/mol. The Labute approximate surface area is 89.5 Å². The van der Waals surface area contributed by atoms with Crippen molar-refractivity contribution in [3.63, 3.8) is 0 Å². The third-order valence-electron chi connectivity index (χ3n) is 2.00. The van der Waals surface area contributed by atoms with Crippen LogP contribution in [0.4, 0.5) is 5.69 Å². The summed E-state index contributed by atoms with van der Waals surface area (Å²) in [7, 11) is 0. The summed E-state index contributed by atoms with van der Waals surface area (Å²) in [5, 5.41) is 9.52. The van der Waals surface area contributed by atoms with Gasteiger partial charge in [0.1, 0.15) is 5.75 Å². The zero-order valence-corrected chi connectivity index (χ0v) is 9.31. The molecule has 0 fully saturated rings. The van der Waals surface area contributed by atoms with Crippen LogP contribution in [-0.4, -0.2) is 10.9 Å². The largest absolute Gasteiger partial charge is 0.508 e. The van der Waals surface area contributed by atoms with Crippen LogP contribution in [0.3, 0.4) is 0 Å². The van der Waals surface area contributed by atoms with E-state index in [0.717, 1.165) is 17.1 Å². The van der Waals surface area contributed by atoms with Crippen LogP contribution in [0.2, 0.25) is 0 Å². The van der Waals surface area contributed by atoms with E-state index in [2.05, 4.69) is 6.92 Å². The first-order valence-electron chi connectivity index (χ1n) is 4.89. The van der Waals surface area contributed by atoms with Crippen LogP contribution in [0.25, 0.3) is 0 Å². The zero-order chi connectivity index (χ0) is 10.4. The number of rotatable bonds is 5. The van der Waals surface area contributed by atoms with Gasteiger partial charge in [0.25, 0.3) is 0 Å². The number of phenolic OH excluding ortho intramolecular Hbond substituents is 1. The highest BCUT2D eigenvalue weighted by Gasteiger charge is 2.01. The number of benzene rings is 1. The predicted octanol–water partition coefficient (Wildman–Crippen LogP) is 3.01. The van der Waals surface area contributed by atoms with Gasteiger partial charge in [0, 0.05) is 17.0 Å². The molecule has 0 radical (unpaired) electrons. The van der Waals surface area contributed by atoms with E-state index < -0.39 is 0 Å². The first-order chi connectivity index (χ1) is 6.74. The molecule has 0 aliphatic heterocycles. The Kier molecular flexibility index (Phi) is 4.66. The standard InChI is InChI=1S/C11H17NOS/c1-2-3-6-14-8-9-7-10(12)4-5-11(9)13/h4-5,7,13H,2-3,6,8,12H2,1H3. The van der Waals surface area contributed by atoms with Crippen molar-refractivity contribution in [3.8, 4) is 5.75 Å². The number of nitrogen functional groups attached to an aromatic ring is 1. The highest BCUT2D eigenvalue weighted by atomic mass is 32.2. The molecule has 14 heavy (non-hydrogen) atoms. The first-order valence-corrected chi connectivity index (χ1v) is 6.04. The molecule has 78 valence electrons. The third-order valence-corrected chi connectivity index (χ3v) is 3.10. The summed E-state index contributed by atoms with van der Waals surface area (Å²) in [6.45, 7) is 2.18. The first kappa shape index (κ1) is 11.2. The van der Waals surface area contributed by atoms with Crippen LogP contribution in [0.5, 0.6) is 5.75 Å². The molecular weight excluding hydrogens is 194 g/mol. The van der Waals surface area contributed by atoms with Gasteiger partial charge < -0.3 is 10.8 Å². The van der Waals surface area contributed by atoms with Crippen molar-refractivity contribution in [3.05, 3.63) is 23.8 Å². The maximum atomic E-state index is 9.52. The number of anilines is 1. The quantitative estimate of drug-likeness (QED) is 0.447. The van der Waals surface area contributed by atoms with E-state index in [4.69, 9.17) is 5.73 Å². The molecule has 0 spiro atoms. The fourth-order valence-corrected chi connectivity index (χ4v) is 2.24. The number of hydrogen-bond donors (Lipinski definition) is 2. The van der Waals surface area contributed by atoms with Crippen LogP contribution in [0, 0.1) is 0 Å². The molecule has 0 aliphatic rings. The van der Waals surface area contributed by atoms with Gasteiger partial charge in [-0.3, -0.25) is 0 Å². The fraction of sp³-hybridized carbons (Fsp3) is 0.455.